The molecule has 0 fully saturated rings. The summed E-state index contributed by atoms with van der Waals surface area (Å²) in [6.07, 6.45) is 6.85. The van der Waals surface area contributed by atoms with Crippen molar-refractivity contribution in [2.45, 2.75) is 19.4 Å². The van der Waals surface area contributed by atoms with Gasteiger partial charge in [0.05, 0.1) is 17.9 Å². The van der Waals surface area contributed by atoms with Crippen LogP contribution in [-0.2, 0) is 4.79 Å². The van der Waals surface area contributed by atoms with Crippen molar-refractivity contribution in [1.82, 2.24) is 4.98 Å². The molecule has 3 N–H and O–H groups in total. The Balaban J connectivity index is 2.70. The molecule has 0 aliphatic heterocycles. The molecule has 5 heteroatoms. The van der Waals surface area contributed by atoms with Crippen LogP contribution in [0.3, 0.4) is 0 Å². The van der Waals surface area contributed by atoms with Crippen molar-refractivity contribution in [2.24, 2.45) is 5.73 Å². The fraction of sp³-hybridized carbons (Fsp3) is 0.273. The Morgan fingerprint density at radius 2 is 2.50 bits per heavy atom. The number of aromatic nitrogens is 1. The summed E-state index contributed by atoms with van der Waals surface area (Å²) < 4.78 is 0.749. The fourth-order valence-corrected chi connectivity index (χ4v) is 1.30. The second-order valence-electron chi connectivity index (χ2n) is 3.34. The predicted octanol–water partition coefficient (Wildman–Crippen LogP) is 1.44. The molecule has 0 aliphatic carbocycles. The van der Waals surface area contributed by atoms with Crippen LogP contribution < -0.4 is 11.1 Å². The van der Waals surface area contributed by atoms with Gasteiger partial charge in [-0.1, -0.05) is 0 Å². The maximum atomic E-state index is 11.5. The molecule has 0 bridgehead atoms. The summed E-state index contributed by atoms with van der Waals surface area (Å²) in [6, 6.07) is 1.12. The van der Waals surface area contributed by atoms with E-state index < -0.39 is 6.04 Å². The first-order chi connectivity index (χ1) is 7.54. The van der Waals surface area contributed by atoms with Crippen molar-refractivity contribution >= 4 is 27.5 Å². The number of pyridine rings is 1. The van der Waals surface area contributed by atoms with Crippen LogP contribution in [0.15, 0.2) is 16.9 Å². The molecule has 4 nitrogen and oxygen atoms in total. The van der Waals surface area contributed by atoms with E-state index in [0.717, 1.165) is 10.2 Å². The lowest BCUT2D eigenvalue weighted by Gasteiger charge is -2.10. The maximum absolute atomic E-state index is 11.5. The van der Waals surface area contributed by atoms with Crippen molar-refractivity contribution in [1.29, 1.82) is 0 Å². The number of anilines is 1. The first-order valence-electron chi connectivity index (χ1n) is 4.66. The van der Waals surface area contributed by atoms with Gasteiger partial charge in [0.1, 0.15) is 4.60 Å². The molecule has 0 radical (unpaired) electrons. The lowest BCUT2D eigenvalue weighted by molar-refractivity contribution is -0.117. The molecule has 1 aromatic heterocycles. The van der Waals surface area contributed by atoms with Crippen LogP contribution in [0.5, 0.6) is 0 Å². The quantitative estimate of drug-likeness (QED) is 0.651. The van der Waals surface area contributed by atoms with Crippen LogP contribution in [0, 0.1) is 19.3 Å². The SMILES string of the molecule is C#CCC(N)C(=O)Nc1cnc(Br)c(C)c1. The molecule has 84 valence electrons. The average Bonchev–Trinajstić information content (AvgIpc) is 2.24. The van der Waals surface area contributed by atoms with Gasteiger partial charge < -0.3 is 11.1 Å². The Hall–Kier alpha value is -1.38. The van der Waals surface area contributed by atoms with E-state index in [1.165, 1.54) is 0 Å². The molecule has 1 amide bonds. The molecule has 0 spiro atoms. The van der Waals surface area contributed by atoms with Crippen LogP contribution in [0.2, 0.25) is 0 Å². The minimum atomic E-state index is -0.686. The topological polar surface area (TPSA) is 68.0 Å². The Bertz CT molecular complexity index is 439. The van der Waals surface area contributed by atoms with Crippen molar-refractivity contribution in [3.63, 3.8) is 0 Å². The molecule has 0 saturated heterocycles. The van der Waals surface area contributed by atoms with Crippen molar-refractivity contribution in [3.05, 3.63) is 22.4 Å². The molecule has 0 aromatic carbocycles. The lowest BCUT2D eigenvalue weighted by Crippen LogP contribution is -2.35. The summed E-state index contributed by atoms with van der Waals surface area (Å²) >= 11 is 3.27. The molecule has 1 atom stereocenters. The van der Waals surface area contributed by atoms with Gasteiger partial charge >= 0.3 is 0 Å². The zero-order chi connectivity index (χ0) is 12.1. The minimum absolute atomic E-state index is 0.217. The number of nitrogens with two attached hydrogens (primary N) is 1. The van der Waals surface area contributed by atoms with E-state index in [2.05, 4.69) is 32.2 Å². The summed E-state index contributed by atoms with van der Waals surface area (Å²) in [7, 11) is 0. The van der Waals surface area contributed by atoms with Crippen molar-refractivity contribution < 1.29 is 4.79 Å². The molecule has 0 saturated carbocycles. The highest BCUT2D eigenvalue weighted by molar-refractivity contribution is 9.10. The number of aryl methyl sites for hydroxylation is 1. The Morgan fingerprint density at radius 1 is 1.81 bits per heavy atom. The smallest absolute Gasteiger partial charge is 0.242 e. The highest BCUT2D eigenvalue weighted by Crippen LogP contribution is 2.16. The molecule has 1 aromatic rings. The van der Waals surface area contributed by atoms with E-state index in [1.54, 1.807) is 12.3 Å². The second kappa shape index (κ2) is 5.64. The number of amides is 1. The van der Waals surface area contributed by atoms with Crippen LogP contribution in [0.1, 0.15) is 12.0 Å². The monoisotopic (exact) mass is 281 g/mol. The second-order valence-corrected chi connectivity index (χ2v) is 4.09. The minimum Gasteiger partial charge on any atom is -0.323 e. The third kappa shape index (κ3) is 3.33. The largest absolute Gasteiger partial charge is 0.323 e. The van der Waals surface area contributed by atoms with E-state index >= 15 is 0 Å². The predicted molar refractivity (Wildman–Crippen MR) is 66.7 cm³/mol. The summed E-state index contributed by atoms with van der Waals surface area (Å²) in [5.74, 6) is 2.04. The van der Waals surface area contributed by atoms with Crippen molar-refractivity contribution in [2.75, 3.05) is 5.32 Å². The Morgan fingerprint density at radius 3 is 3.06 bits per heavy atom. The molecule has 1 rings (SSSR count). The van der Waals surface area contributed by atoms with Crippen LogP contribution in [0.25, 0.3) is 0 Å². The third-order valence-electron chi connectivity index (χ3n) is 1.96. The molecule has 1 heterocycles. The Labute approximate surface area is 103 Å². The first-order valence-corrected chi connectivity index (χ1v) is 5.46. The van der Waals surface area contributed by atoms with Gasteiger partial charge in [0, 0.05) is 6.42 Å². The van der Waals surface area contributed by atoms with Gasteiger partial charge in [0.15, 0.2) is 0 Å². The summed E-state index contributed by atoms with van der Waals surface area (Å²) in [5, 5.41) is 2.65. The number of nitrogens with one attached hydrogen (secondary N) is 1. The summed E-state index contributed by atoms with van der Waals surface area (Å²) in [5.41, 5.74) is 7.10. The van der Waals surface area contributed by atoms with Crippen LogP contribution >= 0.6 is 15.9 Å². The van der Waals surface area contributed by atoms with Gasteiger partial charge in [-0.3, -0.25) is 4.79 Å². The number of carbonyl (C=O) groups excluding carboxylic acids is 1. The number of nitrogens with zero attached hydrogens (tertiary/aromatic N) is 1. The molecule has 0 aliphatic rings. The number of hydrogen-bond acceptors (Lipinski definition) is 3. The van der Waals surface area contributed by atoms with E-state index in [4.69, 9.17) is 12.2 Å². The molecule has 16 heavy (non-hydrogen) atoms. The Kier molecular flexibility index (Phi) is 4.47. The van der Waals surface area contributed by atoms with Crippen molar-refractivity contribution in [3.8, 4) is 12.3 Å². The third-order valence-corrected chi connectivity index (χ3v) is 2.79. The number of rotatable bonds is 3. The van der Waals surface area contributed by atoms with Gasteiger partial charge in [-0.2, -0.15) is 0 Å². The van der Waals surface area contributed by atoms with Crippen LogP contribution in [-0.4, -0.2) is 16.9 Å². The highest BCUT2D eigenvalue weighted by atomic mass is 79.9. The lowest BCUT2D eigenvalue weighted by atomic mass is 10.2. The first kappa shape index (κ1) is 12.7. The summed E-state index contributed by atoms with van der Waals surface area (Å²) in [4.78, 5) is 15.6. The van der Waals surface area contributed by atoms with Gasteiger partial charge in [0.2, 0.25) is 5.91 Å². The highest BCUT2D eigenvalue weighted by Gasteiger charge is 2.12. The van der Waals surface area contributed by atoms with Gasteiger partial charge in [-0.25, -0.2) is 4.98 Å². The van der Waals surface area contributed by atoms with Crippen LogP contribution in [0.4, 0.5) is 5.69 Å². The standard InChI is InChI=1S/C11H12BrN3O/c1-3-4-9(13)11(16)15-8-5-7(2)10(12)14-6-8/h1,5-6,9H,4,13H2,2H3,(H,15,16). The number of terminal acetylenes is 1. The number of hydrogen-bond donors (Lipinski definition) is 2. The van der Waals surface area contributed by atoms with Gasteiger partial charge in [0.25, 0.3) is 0 Å². The summed E-state index contributed by atoms with van der Waals surface area (Å²) in [6.45, 7) is 1.88. The molecule has 1 unspecified atom stereocenters. The fourth-order valence-electron chi connectivity index (χ4n) is 1.08. The zero-order valence-corrected chi connectivity index (χ0v) is 10.4. The van der Waals surface area contributed by atoms with E-state index in [-0.39, 0.29) is 12.3 Å². The number of carbonyl (C=O) groups is 1. The number of halogens is 1. The van der Waals surface area contributed by atoms with Gasteiger partial charge in [-0.15, -0.1) is 12.3 Å². The maximum Gasteiger partial charge on any atom is 0.242 e. The van der Waals surface area contributed by atoms with Gasteiger partial charge in [-0.05, 0) is 34.5 Å². The molecular formula is C11H12BrN3O. The van der Waals surface area contributed by atoms with E-state index in [0.29, 0.717) is 5.69 Å². The molecular weight excluding hydrogens is 270 g/mol. The zero-order valence-electron chi connectivity index (χ0n) is 8.83. The normalized spacial score (nSPS) is 11.6. The van der Waals surface area contributed by atoms with E-state index in [1.807, 2.05) is 6.92 Å². The average molecular weight is 282 g/mol. The van der Waals surface area contributed by atoms with E-state index in [9.17, 15) is 4.79 Å².